The number of alkyl carbamates (subject to hydrolysis) is 1. The van der Waals surface area contributed by atoms with E-state index in [4.69, 9.17) is 4.74 Å². The van der Waals surface area contributed by atoms with Crippen LogP contribution in [0.4, 0.5) is 4.79 Å². The van der Waals surface area contributed by atoms with Crippen LogP contribution >= 0.6 is 0 Å². The molecule has 134 valence electrons. The van der Waals surface area contributed by atoms with E-state index in [-0.39, 0.29) is 17.9 Å². The molecule has 24 heavy (non-hydrogen) atoms. The smallest absolute Gasteiger partial charge is 0.408 e. The first-order valence-corrected chi connectivity index (χ1v) is 8.99. The van der Waals surface area contributed by atoms with Crippen LogP contribution in [0.25, 0.3) is 0 Å². The van der Waals surface area contributed by atoms with Gasteiger partial charge in [-0.1, -0.05) is 19.9 Å². The van der Waals surface area contributed by atoms with Crippen molar-refractivity contribution >= 4 is 12.0 Å². The monoisotopic (exact) mass is 334 g/mol. The van der Waals surface area contributed by atoms with Crippen LogP contribution in [0.5, 0.6) is 0 Å². The molecule has 0 radical (unpaired) electrons. The molecule has 0 spiro atoms. The van der Waals surface area contributed by atoms with Crippen molar-refractivity contribution in [1.82, 2.24) is 10.2 Å². The van der Waals surface area contributed by atoms with E-state index in [0.717, 1.165) is 19.4 Å². The van der Waals surface area contributed by atoms with E-state index in [0.29, 0.717) is 17.3 Å². The van der Waals surface area contributed by atoms with Crippen LogP contribution in [0, 0.1) is 23.2 Å². The van der Waals surface area contributed by atoms with E-state index >= 15 is 0 Å². The maximum atomic E-state index is 13.1. The first-order chi connectivity index (χ1) is 11.1. The van der Waals surface area contributed by atoms with Gasteiger partial charge < -0.3 is 15.0 Å². The van der Waals surface area contributed by atoms with Crippen molar-refractivity contribution in [2.75, 3.05) is 6.54 Å². The molecule has 1 N–H and O–H groups in total. The Morgan fingerprint density at radius 3 is 2.46 bits per heavy atom. The Balaban J connectivity index is 1.68. The van der Waals surface area contributed by atoms with Gasteiger partial charge in [0.2, 0.25) is 5.91 Å². The number of fused-ring (bicyclic) bond motifs is 1. The molecule has 5 heteroatoms. The van der Waals surface area contributed by atoms with Crippen molar-refractivity contribution in [1.29, 1.82) is 0 Å². The van der Waals surface area contributed by atoms with Gasteiger partial charge in [0.25, 0.3) is 0 Å². The van der Waals surface area contributed by atoms with Crippen LogP contribution < -0.4 is 5.32 Å². The maximum absolute atomic E-state index is 13.1. The summed E-state index contributed by atoms with van der Waals surface area (Å²) in [5.41, 5.74) is -0.270. The summed E-state index contributed by atoms with van der Waals surface area (Å²) in [5.74, 6) is 1.31. The highest BCUT2D eigenvalue weighted by atomic mass is 16.6. The molecule has 3 aliphatic rings. The summed E-state index contributed by atoms with van der Waals surface area (Å²) < 4.78 is 5.33. The molecule has 2 aliphatic carbocycles. The molecular formula is C19H30N2O3. The Hall–Kier alpha value is -1.52. The van der Waals surface area contributed by atoms with Crippen LogP contribution in [0.3, 0.4) is 0 Å². The highest BCUT2D eigenvalue weighted by molar-refractivity contribution is 5.87. The van der Waals surface area contributed by atoms with Gasteiger partial charge in [0.05, 0.1) is 6.04 Å². The van der Waals surface area contributed by atoms with Gasteiger partial charge in [0, 0.05) is 6.54 Å². The second-order valence-electron chi connectivity index (χ2n) is 9.13. The third-order valence-electron chi connectivity index (χ3n) is 5.82. The van der Waals surface area contributed by atoms with Gasteiger partial charge >= 0.3 is 6.09 Å². The maximum Gasteiger partial charge on any atom is 0.408 e. The van der Waals surface area contributed by atoms with Gasteiger partial charge in [-0.05, 0) is 56.8 Å². The van der Waals surface area contributed by atoms with E-state index < -0.39 is 17.7 Å². The Labute approximate surface area is 144 Å². The molecule has 1 heterocycles. The fraction of sp³-hybridized carbons (Fsp3) is 0.789. The number of hydrogen-bond acceptors (Lipinski definition) is 3. The zero-order valence-corrected chi connectivity index (χ0v) is 15.5. The van der Waals surface area contributed by atoms with Gasteiger partial charge in [-0.25, -0.2) is 4.79 Å². The molecule has 2 amide bonds. The number of carbonyl (C=O) groups is 2. The van der Waals surface area contributed by atoms with E-state index in [2.05, 4.69) is 25.7 Å². The molecule has 1 aliphatic heterocycles. The van der Waals surface area contributed by atoms with Crippen LogP contribution in [-0.2, 0) is 9.53 Å². The average Bonchev–Trinajstić information content (AvgIpc) is 3.31. The Morgan fingerprint density at radius 2 is 1.96 bits per heavy atom. The summed E-state index contributed by atoms with van der Waals surface area (Å²) in [6, 6.07) is -0.387. The van der Waals surface area contributed by atoms with E-state index in [9.17, 15) is 9.59 Å². The number of nitrogens with one attached hydrogen (secondary N) is 1. The highest BCUT2D eigenvalue weighted by Gasteiger charge is 2.67. The zero-order valence-electron chi connectivity index (χ0n) is 15.5. The normalized spacial score (nSPS) is 31.9. The molecule has 5 nitrogen and oxygen atoms in total. The predicted molar refractivity (Wildman–Crippen MR) is 92.3 cm³/mol. The lowest BCUT2D eigenvalue weighted by Gasteiger charge is -2.32. The predicted octanol–water partition coefficient (Wildman–Crippen LogP) is 2.96. The lowest BCUT2D eigenvalue weighted by atomic mass is 10.00. The number of nitrogens with zero attached hydrogens (tertiary/aromatic N) is 1. The summed E-state index contributed by atoms with van der Waals surface area (Å²) in [7, 11) is 0. The van der Waals surface area contributed by atoms with Crippen LogP contribution in [0.15, 0.2) is 12.7 Å². The SMILES string of the molecule is C=C[C@@H]1[C@@H]2C(CN1C(=O)[C@@H](NC(=O)OC(C)(C)C)C1CC1)C2(C)C. The molecule has 1 unspecified atom stereocenters. The second-order valence-corrected chi connectivity index (χ2v) is 9.13. The summed E-state index contributed by atoms with van der Waals surface area (Å²) in [4.78, 5) is 27.1. The molecule has 3 fully saturated rings. The van der Waals surface area contributed by atoms with E-state index in [1.807, 2.05) is 31.7 Å². The Bertz CT molecular complexity index is 559. The van der Waals surface area contributed by atoms with Gasteiger partial charge in [-0.15, -0.1) is 6.58 Å². The first kappa shape index (κ1) is 17.3. The lowest BCUT2D eigenvalue weighted by Crippen LogP contribution is -2.53. The minimum Gasteiger partial charge on any atom is -0.444 e. The third kappa shape index (κ3) is 3.05. The minimum absolute atomic E-state index is 0.0243. The minimum atomic E-state index is -0.565. The summed E-state index contributed by atoms with van der Waals surface area (Å²) in [6.45, 7) is 14.7. The van der Waals surface area contributed by atoms with Crippen molar-refractivity contribution in [2.24, 2.45) is 23.2 Å². The van der Waals surface area contributed by atoms with Gasteiger partial charge in [0.15, 0.2) is 0 Å². The fourth-order valence-electron chi connectivity index (χ4n) is 4.28. The largest absolute Gasteiger partial charge is 0.444 e. The number of ether oxygens (including phenoxy) is 1. The molecule has 0 bridgehead atoms. The van der Waals surface area contributed by atoms with Gasteiger partial charge in [-0.3, -0.25) is 4.79 Å². The number of likely N-dealkylation sites (tertiary alicyclic amines) is 1. The van der Waals surface area contributed by atoms with Crippen molar-refractivity contribution in [3.05, 3.63) is 12.7 Å². The quantitative estimate of drug-likeness (QED) is 0.804. The average molecular weight is 334 g/mol. The molecule has 2 saturated carbocycles. The summed E-state index contributed by atoms with van der Waals surface area (Å²) in [6.07, 6.45) is 3.36. The van der Waals surface area contributed by atoms with Crippen molar-refractivity contribution < 1.29 is 14.3 Å². The topological polar surface area (TPSA) is 58.6 Å². The van der Waals surface area contributed by atoms with Gasteiger partial charge in [0.1, 0.15) is 11.6 Å². The van der Waals surface area contributed by atoms with Crippen molar-refractivity contribution in [3.8, 4) is 0 Å². The number of rotatable bonds is 4. The Morgan fingerprint density at radius 1 is 1.33 bits per heavy atom. The molecule has 3 rings (SSSR count). The van der Waals surface area contributed by atoms with Gasteiger partial charge in [-0.2, -0.15) is 0 Å². The Kier molecular flexibility index (Phi) is 3.97. The first-order valence-electron chi connectivity index (χ1n) is 8.99. The van der Waals surface area contributed by atoms with E-state index in [1.165, 1.54) is 0 Å². The zero-order chi connectivity index (χ0) is 17.9. The second kappa shape index (κ2) is 5.50. The lowest BCUT2D eigenvalue weighted by molar-refractivity contribution is -0.135. The van der Waals surface area contributed by atoms with Crippen molar-refractivity contribution in [3.63, 3.8) is 0 Å². The summed E-state index contributed by atoms with van der Waals surface area (Å²) >= 11 is 0. The highest BCUT2D eigenvalue weighted by Crippen LogP contribution is 2.65. The summed E-state index contributed by atoms with van der Waals surface area (Å²) in [5, 5.41) is 2.82. The molecule has 0 aromatic heterocycles. The molecule has 4 atom stereocenters. The fourth-order valence-corrected chi connectivity index (χ4v) is 4.28. The molecule has 0 aromatic carbocycles. The standard InChI is InChI=1S/C19H30N2O3/c1-7-13-14-12(19(14,5)6)10-21(13)16(22)15(11-8-9-11)20-17(23)24-18(2,3)4/h7,11-15H,1,8-10H2,2-6H3,(H,20,23)/t12?,13-,14+,15+/m1/s1. The van der Waals surface area contributed by atoms with Crippen LogP contribution in [0.2, 0.25) is 0 Å². The van der Waals surface area contributed by atoms with Crippen LogP contribution in [-0.4, -0.2) is 41.1 Å². The van der Waals surface area contributed by atoms with Crippen molar-refractivity contribution in [2.45, 2.75) is 65.1 Å². The number of amides is 2. The molecular weight excluding hydrogens is 304 g/mol. The third-order valence-corrected chi connectivity index (χ3v) is 5.82. The number of piperidine rings is 1. The molecule has 1 saturated heterocycles. The molecule has 0 aromatic rings. The number of hydrogen-bond donors (Lipinski definition) is 1. The number of carbonyl (C=O) groups excluding carboxylic acids is 2. The van der Waals surface area contributed by atoms with E-state index in [1.54, 1.807) is 0 Å². The van der Waals surface area contributed by atoms with Crippen LogP contribution in [0.1, 0.15) is 47.5 Å².